The van der Waals surface area contributed by atoms with Gasteiger partial charge in [0.25, 0.3) is 17.0 Å². The molecule has 4 fully saturated rings. The number of aromatic hydroxyl groups is 1. The zero-order valence-corrected chi connectivity index (χ0v) is 65.9. The average Bonchev–Trinajstić information content (AvgIpc) is 1.37. The highest BCUT2D eigenvalue weighted by atomic mass is 16.3. The molecule has 0 atom stereocenters. The number of nitrogens with zero attached hydrogens (tertiary/aromatic N) is 19. The minimum Gasteiger partial charge on any atom is -0.508 e. The number of aromatic amines is 3. The minimum atomic E-state index is -0.211. The van der Waals surface area contributed by atoms with Gasteiger partial charge in [-0.25, -0.2) is 19.9 Å². The van der Waals surface area contributed by atoms with Crippen LogP contribution in [0.15, 0.2) is 212 Å². The molecule has 15 heterocycles. The van der Waals surface area contributed by atoms with Crippen LogP contribution < -0.4 is 36.5 Å². The first-order valence-electron chi connectivity index (χ1n) is 39.1. The van der Waals surface area contributed by atoms with Gasteiger partial charge in [0.15, 0.2) is 0 Å². The molecule has 8 aromatic heterocycles. The topological polar surface area (TPSA) is 389 Å². The number of aliphatic imine (C=N–C) groups is 1. The molecule has 0 unspecified atom stereocenters. The number of piperazine rings is 1. The number of rotatable bonds is 14. The number of carbonyl (C=O) groups excluding carboxylic acids is 6. The van der Waals surface area contributed by atoms with E-state index in [0.29, 0.717) is 123 Å². The number of nitrogens with one attached hydrogen (secondary N) is 5. The van der Waals surface area contributed by atoms with Gasteiger partial charge in [-0.15, -0.1) is 0 Å². The third kappa shape index (κ3) is 14.4. The van der Waals surface area contributed by atoms with Crippen LogP contribution in [0.2, 0.25) is 0 Å². The molecule has 0 bridgehead atoms. The maximum atomic E-state index is 13.3. The number of H-pyrrole nitrogens is 3. The van der Waals surface area contributed by atoms with E-state index in [0.717, 1.165) is 118 Å². The molecule has 7 aliphatic heterocycles. The van der Waals surface area contributed by atoms with Crippen LogP contribution in [-0.2, 0) is 41.7 Å². The Kier molecular flexibility index (Phi) is 20.7. The van der Waals surface area contributed by atoms with E-state index in [2.05, 4.69) is 102 Å². The fourth-order valence-corrected chi connectivity index (χ4v) is 16.5. The SMILES string of the molecule is C=CC(=O)N1CC(C2=NC3=C(CCN(c4c(C)ccc5[nH]ncc45)C3=O)C2)C1.C=CC(=O)N1CC(n2cnc3c(Nc4c(C)ccc5cn[nH]c45)cncc3c2=O)C1.C=CC(=O)N1CC(n2cnc3c(Nc4cc(O)cc5ccccc45)cncc3c2=O)C1.C=CC(=O)N1CCN(c2ncnc3c2CC(=O)N(c2c(C)ccc4[nH]ncc24)C3)CC1. The number of aromatic nitrogens is 14. The number of benzene rings is 5. The second-order valence-corrected chi connectivity index (χ2v) is 30.3. The van der Waals surface area contributed by atoms with Crippen molar-refractivity contribution in [2.24, 2.45) is 10.9 Å². The Morgan fingerprint density at radius 3 is 1.69 bits per heavy atom. The van der Waals surface area contributed by atoms with Crippen molar-refractivity contribution in [3.8, 4) is 5.75 Å². The Bertz CT molecular complexity index is 6630. The predicted molar refractivity (Wildman–Crippen MR) is 456 cm³/mol. The summed E-state index contributed by atoms with van der Waals surface area (Å²) in [5.41, 5.74) is 15.5. The van der Waals surface area contributed by atoms with Crippen molar-refractivity contribution in [1.82, 2.24) is 89.2 Å². The summed E-state index contributed by atoms with van der Waals surface area (Å²) in [6.07, 6.45) is 23.3. The van der Waals surface area contributed by atoms with Gasteiger partial charge in [-0.1, -0.05) is 74.8 Å². The lowest BCUT2D eigenvalue weighted by molar-refractivity contribution is -0.132. The van der Waals surface area contributed by atoms with E-state index in [9.17, 15) is 43.5 Å². The van der Waals surface area contributed by atoms with E-state index in [1.165, 1.54) is 43.0 Å². The van der Waals surface area contributed by atoms with Crippen LogP contribution >= 0.6 is 0 Å². The Balaban J connectivity index is 0.000000114. The standard InChI is InChI=1S/C23H19N5O3.C22H23N7O2.C21H19N7O2.C21H21N5O2/c1-2-21(30)27-11-15(12-27)28-13-25-22-18(23(28)31)9-24-10-20(22)26-19-8-16(29)7-14-5-3-4-6-17(14)19;1-3-19(30)27-6-8-28(9-7-27)22-15-10-20(31)29(12-18(15)23-13-24-22)21-14(2)4-5-17-16(21)11-25-26-17;1-3-17(29)27-9-14(10-27)28-11-23-20-15(21(28)30)7-22-8-16(20)25-18-12(2)4-5-13-6-24-26-19(13)18;1-3-18(27)25-10-14(11-25)17-8-13-6-7-26(21(28)19(13)23-17)20-12(2)4-5-16-15(20)9-22-24-16/h2-10,13,15,26,29H,1,11-12H2;3-5,11,13H,1,6-10,12H2,2H3,(H,25,26);3-8,11,14,25H,1,9-10H2,2H3,(H,24,26);3-5,9,14H,1,6-8,10-11H2,2H3,(H,22,24). The number of likely N-dealkylation sites (tertiary alicyclic amines) is 3. The summed E-state index contributed by atoms with van der Waals surface area (Å²) in [5.74, 6) is 0.767. The quantitative estimate of drug-likeness (QED) is 0.0552. The fourth-order valence-electron chi connectivity index (χ4n) is 16.5. The molecule has 6 amide bonds. The summed E-state index contributed by atoms with van der Waals surface area (Å²) < 4.78 is 3.12. The van der Waals surface area contributed by atoms with Crippen LogP contribution in [-0.4, -0.2) is 207 Å². The maximum absolute atomic E-state index is 13.3. The summed E-state index contributed by atoms with van der Waals surface area (Å²) in [7, 11) is 0. The van der Waals surface area contributed by atoms with Crippen molar-refractivity contribution in [3.05, 3.63) is 246 Å². The molecule has 5 aromatic carbocycles. The van der Waals surface area contributed by atoms with E-state index in [-0.39, 0.29) is 76.7 Å². The molecule has 13 aromatic rings. The van der Waals surface area contributed by atoms with Gasteiger partial charge in [-0.3, -0.25) is 77.7 Å². The van der Waals surface area contributed by atoms with Gasteiger partial charge in [-0.05, 0) is 97.3 Å². The molecular weight excluding hydrogens is 1530 g/mol. The number of pyridine rings is 2. The van der Waals surface area contributed by atoms with E-state index >= 15 is 0 Å². The number of amides is 6. The lowest BCUT2D eigenvalue weighted by Gasteiger charge is -2.39. The van der Waals surface area contributed by atoms with Crippen LogP contribution in [0.25, 0.3) is 65.3 Å². The average molecular weight is 1610 g/mol. The zero-order valence-electron chi connectivity index (χ0n) is 65.9. The normalized spacial score (nSPS) is 16.0. The van der Waals surface area contributed by atoms with Gasteiger partial charge in [0.1, 0.15) is 34.6 Å². The molecule has 4 saturated heterocycles. The number of aryl methyl sites for hydroxylation is 3. The highest BCUT2D eigenvalue weighted by Gasteiger charge is 2.41. The summed E-state index contributed by atoms with van der Waals surface area (Å²) in [5, 5.41) is 43.5. The molecule has 0 radical (unpaired) electrons. The minimum absolute atomic E-state index is 0.0146. The van der Waals surface area contributed by atoms with Crippen molar-refractivity contribution in [2.45, 2.75) is 58.7 Å². The number of phenols is 1. The first-order valence-corrected chi connectivity index (χ1v) is 39.1. The zero-order chi connectivity index (χ0) is 83.3. The second-order valence-electron chi connectivity index (χ2n) is 30.3. The Labute approximate surface area is 684 Å². The number of phenolic OH excluding ortho intramolecular Hbond substituents is 1. The number of hydrogen-bond donors (Lipinski definition) is 6. The summed E-state index contributed by atoms with van der Waals surface area (Å²) in [6.45, 7) is 26.8. The Morgan fingerprint density at radius 2 is 1.08 bits per heavy atom. The summed E-state index contributed by atoms with van der Waals surface area (Å²) in [4.78, 5) is 143. The number of carbonyl (C=O) groups is 6. The van der Waals surface area contributed by atoms with Crippen LogP contribution in [0.1, 0.15) is 52.9 Å². The maximum Gasteiger partial charge on any atom is 0.276 e. The van der Waals surface area contributed by atoms with E-state index < -0.39 is 0 Å². The summed E-state index contributed by atoms with van der Waals surface area (Å²) >= 11 is 0. The van der Waals surface area contributed by atoms with E-state index in [1.807, 2.05) is 86.3 Å². The second kappa shape index (κ2) is 32.1. The van der Waals surface area contributed by atoms with Crippen LogP contribution in [0.4, 0.5) is 39.9 Å². The Morgan fingerprint density at radius 1 is 0.525 bits per heavy atom. The lowest BCUT2D eigenvalue weighted by Crippen LogP contribution is -2.52. The van der Waals surface area contributed by atoms with Gasteiger partial charge >= 0.3 is 0 Å². The van der Waals surface area contributed by atoms with Gasteiger partial charge in [0.2, 0.25) is 29.5 Å². The molecule has 33 nitrogen and oxygen atoms in total. The third-order valence-electron chi connectivity index (χ3n) is 23.1. The molecule has 0 aliphatic carbocycles. The largest absolute Gasteiger partial charge is 0.508 e. The van der Waals surface area contributed by atoms with Gasteiger partial charge in [-0.2, -0.15) is 15.3 Å². The van der Waals surface area contributed by atoms with Crippen molar-refractivity contribution >= 4 is 146 Å². The molecule has 33 heteroatoms. The number of fused-ring (bicyclic) bond motifs is 7. The monoisotopic (exact) mass is 1610 g/mol. The first kappa shape index (κ1) is 77.4. The molecular formula is C87H82N24O9. The first-order chi connectivity index (χ1) is 58.2. The van der Waals surface area contributed by atoms with Crippen LogP contribution in [0.5, 0.6) is 5.75 Å². The third-order valence-corrected chi connectivity index (χ3v) is 23.1. The van der Waals surface area contributed by atoms with Gasteiger partial charge < -0.3 is 50.0 Å². The molecule has 7 aliphatic rings. The summed E-state index contributed by atoms with van der Waals surface area (Å²) in [6, 6.07) is 22.7. The number of hydrogen-bond acceptors (Lipinski definition) is 22. The Hall–Kier alpha value is -15.2. The molecule has 6 N–H and O–H groups in total. The van der Waals surface area contributed by atoms with E-state index in [4.69, 9.17) is 4.99 Å². The molecule has 120 heavy (non-hydrogen) atoms. The fraction of sp³-hybridized carbons (Fsp3) is 0.241. The molecule has 0 saturated carbocycles. The highest BCUT2D eigenvalue weighted by Crippen LogP contribution is 2.41. The van der Waals surface area contributed by atoms with Gasteiger partial charge in [0, 0.05) is 136 Å². The van der Waals surface area contributed by atoms with Gasteiger partial charge in [0.05, 0.1) is 136 Å². The smallest absolute Gasteiger partial charge is 0.276 e. The van der Waals surface area contributed by atoms with Crippen molar-refractivity contribution in [2.75, 3.05) is 97.3 Å². The lowest BCUT2D eigenvalue weighted by atomic mass is 9.90. The molecule has 604 valence electrons. The molecule has 20 rings (SSSR count). The van der Waals surface area contributed by atoms with Crippen molar-refractivity contribution in [3.63, 3.8) is 0 Å². The predicted octanol–water partition coefficient (Wildman–Crippen LogP) is 9.19. The van der Waals surface area contributed by atoms with Crippen molar-refractivity contribution in [1.29, 1.82) is 0 Å². The van der Waals surface area contributed by atoms with Crippen LogP contribution in [0, 0.1) is 26.7 Å². The van der Waals surface area contributed by atoms with Crippen molar-refractivity contribution < 1.29 is 33.9 Å². The van der Waals surface area contributed by atoms with Crippen LogP contribution in [0.3, 0.4) is 0 Å². The molecule has 0 spiro atoms. The highest BCUT2D eigenvalue weighted by molar-refractivity contribution is 6.15. The number of anilines is 7. The van der Waals surface area contributed by atoms with E-state index in [1.54, 1.807) is 89.4 Å².